The minimum atomic E-state index is -0.396. The number of amides is 1. The minimum absolute atomic E-state index is 0.0716. The van der Waals surface area contributed by atoms with E-state index in [0.29, 0.717) is 11.3 Å². The van der Waals surface area contributed by atoms with E-state index in [1.165, 1.54) is 24.3 Å². The third kappa shape index (κ3) is 3.51. The predicted octanol–water partition coefficient (Wildman–Crippen LogP) is 3.18. The van der Waals surface area contributed by atoms with Gasteiger partial charge in [-0.05, 0) is 25.1 Å². The predicted molar refractivity (Wildman–Crippen MR) is 82.4 cm³/mol. The monoisotopic (exact) mass is 303 g/mol. The number of nitrogens with zero attached hydrogens (tertiary/aromatic N) is 2. The maximum atomic E-state index is 11.1. The Kier molecular flexibility index (Phi) is 4.44. The molecule has 0 unspecified atom stereocenters. The van der Waals surface area contributed by atoms with E-state index < -0.39 is 4.92 Å². The van der Waals surface area contributed by atoms with Crippen LogP contribution in [0.1, 0.15) is 18.7 Å². The number of carbonyl (C=O) groups excluding carboxylic acids is 1. The van der Waals surface area contributed by atoms with Gasteiger partial charge in [0.2, 0.25) is 5.91 Å². The van der Waals surface area contributed by atoms with Gasteiger partial charge in [0.15, 0.2) is 0 Å². The topological polar surface area (TPSA) is 84.6 Å². The Hall–Kier alpha value is -2.54. The molecule has 0 fully saturated rings. The van der Waals surface area contributed by atoms with Crippen molar-refractivity contribution in [2.24, 2.45) is 5.10 Å². The van der Waals surface area contributed by atoms with Crippen LogP contribution in [0.3, 0.4) is 0 Å². The molecule has 6 nitrogen and oxygen atoms in total. The molecule has 1 heterocycles. The number of para-hydroxylation sites is 1. The van der Waals surface area contributed by atoms with Crippen LogP contribution in [-0.2, 0) is 4.79 Å². The molecule has 2 rings (SSSR count). The zero-order chi connectivity index (χ0) is 15.4. The molecule has 2 aromatic rings. The Morgan fingerprint density at radius 2 is 1.95 bits per heavy atom. The van der Waals surface area contributed by atoms with Crippen LogP contribution in [-0.4, -0.2) is 16.5 Å². The van der Waals surface area contributed by atoms with Gasteiger partial charge in [0.05, 0.1) is 21.1 Å². The molecule has 0 radical (unpaired) electrons. The largest absolute Gasteiger partial charge is 0.278 e. The van der Waals surface area contributed by atoms with E-state index in [2.05, 4.69) is 10.5 Å². The number of benzene rings is 1. The lowest BCUT2D eigenvalue weighted by molar-refractivity contribution is -0.384. The van der Waals surface area contributed by atoms with Crippen molar-refractivity contribution in [2.75, 3.05) is 0 Å². The number of nitrogens with one attached hydrogen (secondary N) is 1. The zero-order valence-corrected chi connectivity index (χ0v) is 12.3. The fourth-order valence-electron chi connectivity index (χ4n) is 1.74. The molecule has 108 valence electrons. The number of thiophene rings is 1. The van der Waals surface area contributed by atoms with Crippen LogP contribution in [0, 0.1) is 10.1 Å². The van der Waals surface area contributed by atoms with Crippen LogP contribution in [0.25, 0.3) is 10.4 Å². The summed E-state index contributed by atoms with van der Waals surface area (Å²) in [4.78, 5) is 23.1. The highest BCUT2D eigenvalue weighted by Gasteiger charge is 2.16. The summed E-state index contributed by atoms with van der Waals surface area (Å²) in [6.45, 7) is 3.15. The van der Waals surface area contributed by atoms with Gasteiger partial charge in [0, 0.05) is 17.9 Å². The lowest BCUT2D eigenvalue weighted by atomic mass is 10.1. The van der Waals surface area contributed by atoms with Crippen molar-refractivity contribution in [2.45, 2.75) is 13.8 Å². The molecule has 0 saturated heterocycles. The standard InChI is InChI=1S/C14H13N3O3S/c1-9(15-16-10(2)18)13-7-8-14(21-13)11-5-3-4-6-12(11)17(19)20/h3-8H,1-2H3,(H,16,18)/b15-9+. The highest BCUT2D eigenvalue weighted by atomic mass is 32.1. The summed E-state index contributed by atoms with van der Waals surface area (Å²) >= 11 is 1.39. The third-order valence-corrected chi connectivity index (χ3v) is 3.94. The second-order valence-electron chi connectivity index (χ2n) is 4.30. The van der Waals surface area contributed by atoms with Gasteiger partial charge in [0.25, 0.3) is 5.69 Å². The number of nitro benzene ring substituents is 1. The quantitative estimate of drug-likeness (QED) is 0.535. The van der Waals surface area contributed by atoms with Gasteiger partial charge in [-0.2, -0.15) is 5.10 Å². The van der Waals surface area contributed by atoms with E-state index in [0.717, 1.165) is 9.75 Å². The van der Waals surface area contributed by atoms with E-state index in [4.69, 9.17) is 0 Å². The molecule has 0 saturated carbocycles. The van der Waals surface area contributed by atoms with Crippen LogP contribution in [0.15, 0.2) is 41.5 Å². The lowest BCUT2D eigenvalue weighted by Gasteiger charge is -1.99. The minimum Gasteiger partial charge on any atom is -0.274 e. The molecule has 21 heavy (non-hydrogen) atoms. The van der Waals surface area contributed by atoms with Crippen LogP contribution in [0.5, 0.6) is 0 Å². The summed E-state index contributed by atoms with van der Waals surface area (Å²) in [5, 5.41) is 15.0. The zero-order valence-electron chi connectivity index (χ0n) is 11.5. The smallest absolute Gasteiger partial charge is 0.274 e. The maximum Gasteiger partial charge on any atom is 0.278 e. The molecule has 0 aliphatic heterocycles. The first-order valence-corrected chi connectivity index (χ1v) is 6.95. The Morgan fingerprint density at radius 1 is 1.24 bits per heavy atom. The summed E-state index contributed by atoms with van der Waals surface area (Å²) in [5.74, 6) is -0.246. The van der Waals surface area contributed by atoms with Crippen molar-refractivity contribution >= 4 is 28.6 Å². The number of carbonyl (C=O) groups is 1. The molecule has 1 aromatic heterocycles. The summed E-state index contributed by atoms with van der Waals surface area (Å²) < 4.78 is 0. The third-order valence-electron chi connectivity index (χ3n) is 2.71. The number of hydrazone groups is 1. The van der Waals surface area contributed by atoms with Gasteiger partial charge in [-0.3, -0.25) is 14.9 Å². The molecule has 0 aliphatic rings. The van der Waals surface area contributed by atoms with Crippen LogP contribution >= 0.6 is 11.3 Å². The van der Waals surface area contributed by atoms with Gasteiger partial charge in [-0.1, -0.05) is 12.1 Å². The summed E-state index contributed by atoms with van der Waals surface area (Å²) in [6.07, 6.45) is 0. The summed E-state index contributed by atoms with van der Waals surface area (Å²) in [7, 11) is 0. The van der Waals surface area contributed by atoms with Gasteiger partial charge in [0.1, 0.15) is 0 Å². The molecule has 0 spiro atoms. The number of rotatable bonds is 4. The number of hydrogen-bond acceptors (Lipinski definition) is 5. The normalized spacial score (nSPS) is 11.2. The molecule has 1 aromatic carbocycles. The molecule has 1 amide bonds. The Bertz CT molecular complexity index is 722. The Balaban J connectivity index is 2.35. The molecule has 7 heteroatoms. The second kappa shape index (κ2) is 6.27. The van der Waals surface area contributed by atoms with Crippen LogP contribution in [0.4, 0.5) is 5.69 Å². The van der Waals surface area contributed by atoms with Crippen molar-refractivity contribution < 1.29 is 9.72 Å². The molecular weight excluding hydrogens is 290 g/mol. The van der Waals surface area contributed by atoms with E-state index >= 15 is 0 Å². The molecule has 0 bridgehead atoms. The average molecular weight is 303 g/mol. The number of nitro groups is 1. The summed E-state index contributed by atoms with van der Waals surface area (Å²) in [5.41, 5.74) is 3.67. The van der Waals surface area contributed by atoms with E-state index in [1.54, 1.807) is 25.1 Å². The fraction of sp³-hybridized carbons (Fsp3) is 0.143. The molecule has 0 aliphatic carbocycles. The fourth-order valence-corrected chi connectivity index (χ4v) is 2.72. The van der Waals surface area contributed by atoms with Crippen molar-refractivity contribution in [3.8, 4) is 10.4 Å². The van der Waals surface area contributed by atoms with Crippen molar-refractivity contribution in [3.63, 3.8) is 0 Å². The highest BCUT2D eigenvalue weighted by molar-refractivity contribution is 7.17. The SMILES string of the molecule is CC(=O)N/N=C(\C)c1ccc(-c2ccccc2[N+](=O)[O-])s1. The first-order chi connectivity index (χ1) is 9.99. The van der Waals surface area contributed by atoms with Gasteiger partial charge < -0.3 is 0 Å². The van der Waals surface area contributed by atoms with Gasteiger partial charge in [-0.25, -0.2) is 5.43 Å². The molecule has 1 N–H and O–H groups in total. The van der Waals surface area contributed by atoms with E-state index in [9.17, 15) is 14.9 Å². The first-order valence-electron chi connectivity index (χ1n) is 6.14. The highest BCUT2D eigenvalue weighted by Crippen LogP contribution is 2.34. The van der Waals surface area contributed by atoms with E-state index in [-0.39, 0.29) is 11.6 Å². The Labute approximate surface area is 125 Å². The number of hydrogen-bond donors (Lipinski definition) is 1. The molecular formula is C14H13N3O3S. The maximum absolute atomic E-state index is 11.1. The first kappa shape index (κ1) is 14.9. The van der Waals surface area contributed by atoms with Crippen molar-refractivity contribution in [1.29, 1.82) is 0 Å². The van der Waals surface area contributed by atoms with Crippen molar-refractivity contribution in [3.05, 3.63) is 51.4 Å². The van der Waals surface area contributed by atoms with Gasteiger partial charge in [-0.15, -0.1) is 11.3 Å². The molecule has 0 atom stereocenters. The lowest BCUT2D eigenvalue weighted by Crippen LogP contribution is -2.14. The van der Waals surface area contributed by atoms with Crippen LogP contribution in [0.2, 0.25) is 0 Å². The second-order valence-corrected chi connectivity index (χ2v) is 5.39. The van der Waals surface area contributed by atoms with Crippen LogP contribution < -0.4 is 5.43 Å². The Morgan fingerprint density at radius 3 is 2.62 bits per heavy atom. The van der Waals surface area contributed by atoms with Gasteiger partial charge >= 0.3 is 0 Å². The summed E-state index contributed by atoms with van der Waals surface area (Å²) in [6, 6.07) is 10.2. The van der Waals surface area contributed by atoms with Crippen molar-refractivity contribution in [1.82, 2.24) is 5.43 Å². The van der Waals surface area contributed by atoms with E-state index in [1.807, 2.05) is 12.1 Å². The average Bonchev–Trinajstić information content (AvgIpc) is 2.94.